The van der Waals surface area contributed by atoms with Crippen LogP contribution < -0.4 is 25.2 Å². The van der Waals surface area contributed by atoms with Crippen molar-refractivity contribution < 1.29 is 29.1 Å². The second-order valence-corrected chi connectivity index (χ2v) is 17.6. The highest BCUT2D eigenvalue weighted by atomic mass is 32.1. The first kappa shape index (κ1) is 41.7. The molecule has 63 heavy (non-hydrogen) atoms. The highest BCUT2D eigenvalue weighted by Crippen LogP contribution is 2.37. The predicted molar refractivity (Wildman–Crippen MR) is 239 cm³/mol. The van der Waals surface area contributed by atoms with Crippen LogP contribution in [0.5, 0.6) is 11.6 Å². The number of phenolic OH excluding ortho intramolecular Hbond substituents is 1. The molecule has 17 heteroatoms. The summed E-state index contributed by atoms with van der Waals surface area (Å²) in [5.74, 6) is 0.107. The number of ether oxygens (including phenoxy) is 1. The lowest BCUT2D eigenvalue weighted by atomic mass is 9.91. The van der Waals surface area contributed by atoms with Crippen LogP contribution >= 0.6 is 11.3 Å². The standard InChI is InChI=1S/C46H50N10O6S/c1-26(2)42(46(60)56-23-34(57)19-38(56)45(59)50-27(3)29-9-11-30(12-10-29)43-28(4)49-25-63-43)40-17-31(53-62-40)24-61-41-18-32(13-14-47-41)54-15-16-55-33(22-54)21-48-44-37(55)20-36(51-52-44)35-7-5-6-8-39(35)58/h5-14,17-18,20,25-27,33-34,38,42,57-58H,15-16,19,21-24H2,1-4H3,(H,48,52)(H,50,59)/t27-,33?,34+,38+,42?/m0/s1. The summed E-state index contributed by atoms with van der Waals surface area (Å²) in [6.07, 6.45) is 1.02. The number of hydrogen-bond donors (Lipinski definition) is 4. The van der Waals surface area contributed by atoms with Gasteiger partial charge in [-0.1, -0.05) is 55.4 Å². The number of β-amino-alcohol motifs (C(OH)–C–C–N with tert-alkyl or cyclic N) is 1. The van der Waals surface area contributed by atoms with Crippen molar-refractivity contribution in [3.8, 4) is 33.3 Å². The molecule has 2 amide bonds. The van der Waals surface area contributed by atoms with Crippen molar-refractivity contribution in [3.05, 3.63) is 107 Å². The van der Waals surface area contributed by atoms with Gasteiger partial charge in [0.25, 0.3) is 0 Å². The monoisotopic (exact) mass is 870 g/mol. The fourth-order valence-electron chi connectivity index (χ4n) is 8.82. The van der Waals surface area contributed by atoms with Crippen LogP contribution in [0.4, 0.5) is 17.2 Å². The lowest BCUT2D eigenvalue weighted by Crippen LogP contribution is -2.58. The molecular formula is C46H50N10O6S. The van der Waals surface area contributed by atoms with Crippen molar-refractivity contribution in [2.24, 2.45) is 5.92 Å². The van der Waals surface area contributed by atoms with E-state index in [0.29, 0.717) is 35.1 Å². The number of benzene rings is 2. The van der Waals surface area contributed by atoms with Gasteiger partial charge in [0, 0.05) is 68.7 Å². The molecule has 2 fully saturated rings. The van der Waals surface area contributed by atoms with Gasteiger partial charge in [-0.05, 0) is 55.2 Å². The van der Waals surface area contributed by atoms with Crippen molar-refractivity contribution in [3.63, 3.8) is 0 Å². The number of amides is 2. The number of anilines is 3. The molecule has 0 saturated carbocycles. The molecule has 6 aromatic rings. The molecular weight excluding hydrogens is 821 g/mol. The van der Waals surface area contributed by atoms with E-state index in [0.717, 1.165) is 58.5 Å². The second-order valence-electron chi connectivity index (χ2n) is 16.8. The Labute approximate surface area is 368 Å². The summed E-state index contributed by atoms with van der Waals surface area (Å²) in [4.78, 5) is 44.0. The Morgan fingerprint density at radius 1 is 1.02 bits per heavy atom. The quantitative estimate of drug-likeness (QED) is 0.113. The maximum absolute atomic E-state index is 14.3. The van der Waals surface area contributed by atoms with Crippen LogP contribution in [0.25, 0.3) is 21.7 Å². The number of aryl methyl sites for hydroxylation is 1. The number of aromatic hydroxyl groups is 1. The number of nitrogens with one attached hydrogen (secondary N) is 2. The maximum atomic E-state index is 14.3. The zero-order valence-corrected chi connectivity index (χ0v) is 36.3. The van der Waals surface area contributed by atoms with Crippen molar-refractivity contribution in [1.29, 1.82) is 0 Å². The van der Waals surface area contributed by atoms with Gasteiger partial charge in [0.15, 0.2) is 5.82 Å². The largest absolute Gasteiger partial charge is 0.507 e. The van der Waals surface area contributed by atoms with Gasteiger partial charge in [-0.2, -0.15) is 0 Å². The molecule has 4 aromatic heterocycles. The van der Waals surface area contributed by atoms with Gasteiger partial charge in [-0.25, -0.2) is 9.97 Å². The number of phenols is 1. The number of piperazine rings is 1. The number of pyridine rings is 1. The van der Waals surface area contributed by atoms with Gasteiger partial charge in [-0.3, -0.25) is 9.59 Å². The van der Waals surface area contributed by atoms with Crippen molar-refractivity contribution >= 4 is 40.3 Å². The molecule has 3 aliphatic rings. The molecule has 0 radical (unpaired) electrons. The van der Waals surface area contributed by atoms with E-state index in [1.807, 2.05) is 87.8 Å². The van der Waals surface area contributed by atoms with Gasteiger partial charge in [0.05, 0.1) is 45.7 Å². The highest BCUT2D eigenvalue weighted by molar-refractivity contribution is 7.13. The van der Waals surface area contributed by atoms with E-state index in [4.69, 9.17) is 9.26 Å². The molecule has 2 unspecified atom stereocenters. The van der Waals surface area contributed by atoms with Gasteiger partial charge in [0.2, 0.25) is 17.7 Å². The summed E-state index contributed by atoms with van der Waals surface area (Å²) in [5, 5.41) is 40.7. The average molecular weight is 871 g/mol. The third kappa shape index (κ3) is 8.62. The first-order valence-electron chi connectivity index (χ1n) is 21.3. The van der Waals surface area contributed by atoms with Crippen molar-refractivity contribution in [2.75, 3.05) is 47.8 Å². The zero-order valence-electron chi connectivity index (χ0n) is 35.5. The number of fused-ring (bicyclic) bond motifs is 3. The van der Waals surface area contributed by atoms with Crippen LogP contribution in [0.3, 0.4) is 0 Å². The predicted octanol–water partition coefficient (Wildman–Crippen LogP) is 5.94. The molecule has 4 N–H and O–H groups in total. The Morgan fingerprint density at radius 3 is 2.62 bits per heavy atom. The number of carbonyl (C=O) groups is 2. The van der Waals surface area contributed by atoms with Crippen LogP contribution in [-0.4, -0.2) is 103 Å². The maximum Gasteiger partial charge on any atom is 0.243 e. The van der Waals surface area contributed by atoms with Gasteiger partial charge in [-0.15, -0.1) is 21.5 Å². The number of aromatic nitrogens is 5. The third-order valence-electron chi connectivity index (χ3n) is 12.2. The first-order valence-corrected chi connectivity index (χ1v) is 22.1. The Morgan fingerprint density at radius 2 is 1.84 bits per heavy atom. The fraction of sp³-hybridized carbons (Fsp3) is 0.370. The minimum Gasteiger partial charge on any atom is -0.507 e. The topological polar surface area (TPSA) is 195 Å². The van der Waals surface area contributed by atoms with E-state index in [1.54, 1.807) is 35.7 Å². The fourth-order valence-corrected chi connectivity index (χ4v) is 9.64. The zero-order chi connectivity index (χ0) is 43.8. The average Bonchev–Trinajstić information content (AvgIpc) is 4.05. The number of likely N-dealkylation sites (tertiary alicyclic amines) is 1. The van der Waals surface area contributed by atoms with Crippen LogP contribution in [0.1, 0.15) is 61.9 Å². The van der Waals surface area contributed by atoms with Crippen molar-refractivity contribution in [1.82, 2.24) is 35.5 Å². The van der Waals surface area contributed by atoms with Crippen LogP contribution in [-0.2, 0) is 16.2 Å². The number of para-hydroxylation sites is 1. The Bertz CT molecular complexity index is 2600. The summed E-state index contributed by atoms with van der Waals surface area (Å²) in [6, 6.07) is 21.7. The highest BCUT2D eigenvalue weighted by Gasteiger charge is 2.43. The molecule has 2 saturated heterocycles. The minimum absolute atomic E-state index is 0.0401. The number of hydrogen-bond acceptors (Lipinski definition) is 15. The summed E-state index contributed by atoms with van der Waals surface area (Å²) in [5.41, 5.74) is 8.46. The number of rotatable bonds is 12. The first-order chi connectivity index (χ1) is 30.5. The Balaban J connectivity index is 0.818. The minimum atomic E-state index is -0.843. The van der Waals surface area contributed by atoms with E-state index in [1.165, 1.54) is 4.90 Å². The third-order valence-corrected chi connectivity index (χ3v) is 13.1. The molecule has 0 aliphatic carbocycles. The lowest BCUT2D eigenvalue weighted by Gasteiger charge is -2.46. The Hall–Kier alpha value is -6.59. The summed E-state index contributed by atoms with van der Waals surface area (Å²) in [7, 11) is 0. The van der Waals surface area contributed by atoms with Gasteiger partial charge in [0.1, 0.15) is 35.8 Å². The number of thiazole rings is 1. The van der Waals surface area contributed by atoms with Crippen LogP contribution in [0.15, 0.2) is 89.0 Å². The second kappa shape index (κ2) is 17.6. The molecule has 16 nitrogen and oxygen atoms in total. The number of aliphatic hydroxyl groups excluding tert-OH is 1. The normalized spacial score (nSPS) is 19.3. The number of nitrogens with zero attached hydrogens (tertiary/aromatic N) is 8. The summed E-state index contributed by atoms with van der Waals surface area (Å²) in [6.45, 7) is 10.8. The van der Waals surface area contributed by atoms with E-state index in [2.05, 4.69) is 45.8 Å². The smallest absolute Gasteiger partial charge is 0.243 e. The number of carbonyl (C=O) groups excluding carboxylic acids is 2. The van der Waals surface area contributed by atoms with E-state index in [9.17, 15) is 19.8 Å². The van der Waals surface area contributed by atoms with E-state index in [-0.39, 0.29) is 55.1 Å². The molecule has 0 bridgehead atoms. The Kier molecular flexibility index (Phi) is 11.7. The summed E-state index contributed by atoms with van der Waals surface area (Å²) < 4.78 is 11.9. The van der Waals surface area contributed by atoms with Gasteiger partial charge < -0.3 is 44.8 Å². The number of aliphatic hydroxyl groups is 1. The molecule has 9 rings (SSSR count). The molecule has 326 valence electrons. The summed E-state index contributed by atoms with van der Waals surface area (Å²) >= 11 is 1.59. The van der Waals surface area contributed by atoms with E-state index >= 15 is 0 Å². The molecule has 5 atom stereocenters. The lowest BCUT2D eigenvalue weighted by molar-refractivity contribution is -0.141. The molecule has 3 aliphatic heterocycles. The molecule has 2 aromatic carbocycles. The van der Waals surface area contributed by atoms with Crippen molar-refractivity contribution in [2.45, 2.75) is 70.9 Å². The molecule has 7 heterocycles. The van der Waals surface area contributed by atoms with E-state index < -0.39 is 18.1 Å². The van der Waals surface area contributed by atoms with Crippen LogP contribution in [0, 0.1) is 12.8 Å². The van der Waals surface area contributed by atoms with Crippen LogP contribution in [0.2, 0.25) is 0 Å². The molecule has 0 spiro atoms. The van der Waals surface area contributed by atoms with Gasteiger partial charge >= 0.3 is 0 Å². The SMILES string of the molecule is Cc1ncsc1-c1ccc([C@H](C)NC(=O)[C@H]2C[C@@H](O)CN2C(=O)C(c2cc(COc3cc(N4CCN5c6cc(-c7ccccc7O)nnc6NCC5C4)ccn3)no2)C(C)C)cc1.